The molecule has 7 nitrogen and oxygen atoms in total. The molecule has 3 aromatic rings. The average Bonchev–Trinajstić information content (AvgIpc) is 3.15. The van der Waals surface area contributed by atoms with Gasteiger partial charge in [-0.05, 0) is 24.6 Å². The number of fused-ring (bicyclic) bond motifs is 1. The lowest BCUT2D eigenvalue weighted by atomic mass is 10.1. The number of carbonyl (C=O) groups excluding carboxylic acids is 1. The topological polar surface area (TPSA) is 73.1 Å². The molecule has 0 saturated carbocycles. The SMILES string of the molecule is COc1ccnc(-c2nnc3n2C[C@H](C)N(Cc2cccc(C(F)(F)F)c2Cl)C3=O)c1. The molecular weight excluding hydrogens is 435 g/mol. The van der Waals surface area contributed by atoms with Crippen molar-refractivity contribution in [1.29, 1.82) is 0 Å². The van der Waals surface area contributed by atoms with Gasteiger partial charge in [0.2, 0.25) is 5.82 Å². The summed E-state index contributed by atoms with van der Waals surface area (Å²) in [5.74, 6) is 0.624. The fourth-order valence-electron chi connectivity index (χ4n) is 3.51. The van der Waals surface area contributed by atoms with Crippen molar-refractivity contribution in [3.05, 3.63) is 58.5 Å². The number of amides is 1. The molecule has 3 heterocycles. The van der Waals surface area contributed by atoms with Gasteiger partial charge in [0.1, 0.15) is 11.4 Å². The van der Waals surface area contributed by atoms with Gasteiger partial charge in [-0.1, -0.05) is 23.7 Å². The Morgan fingerprint density at radius 3 is 2.68 bits per heavy atom. The van der Waals surface area contributed by atoms with Gasteiger partial charge >= 0.3 is 6.18 Å². The molecule has 0 fully saturated rings. The number of hydrogen-bond acceptors (Lipinski definition) is 5. The minimum Gasteiger partial charge on any atom is -0.497 e. The van der Waals surface area contributed by atoms with Crippen LogP contribution in [0.25, 0.3) is 11.5 Å². The molecule has 0 radical (unpaired) electrons. The fraction of sp³-hybridized carbons (Fsp3) is 0.300. The van der Waals surface area contributed by atoms with Crippen LogP contribution in [0.15, 0.2) is 36.5 Å². The first-order valence-corrected chi connectivity index (χ1v) is 9.67. The van der Waals surface area contributed by atoms with E-state index in [1.807, 2.05) is 0 Å². The van der Waals surface area contributed by atoms with Crippen molar-refractivity contribution in [2.75, 3.05) is 7.11 Å². The summed E-state index contributed by atoms with van der Waals surface area (Å²) in [7, 11) is 1.53. The Morgan fingerprint density at radius 2 is 1.97 bits per heavy atom. The molecule has 1 aliphatic rings. The van der Waals surface area contributed by atoms with Crippen LogP contribution < -0.4 is 4.74 Å². The van der Waals surface area contributed by atoms with Crippen LogP contribution >= 0.6 is 11.6 Å². The maximum atomic E-state index is 13.2. The lowest BCUT2D eigenvalue weighted by molar-refractivity contribution is -0.137. The van der Waals surface area contributed by atoms with Gasteiger partial charge in [-0.25, -0.2) is 0 Å². The van der Waals surface area contributed by atoms with Gasteiger partial charge in [0.25, 0.3) is 5.91 Å². The second-order valence-electron chi connectivity index (χ2n) is 7.10. The molecule has 0 saturated heterocycles. The van der Waals surface area contributed by atoms with Crippen LogP contribution in [0, 0.1) is 0 Å². The van der Waals surface area contributed by atoms with E-state index in [1.54, 1.807) is 29.8 Å². The minimum atomic E-state index is -4.58. The predicted octanol–water partition coefficient (Wildman–Crippen LogP) is 4.07. The van der Waals surface area contributed by atoms with E-state index in [-0.39, 0.29) is 24.0 Å². The van der Waals surface area contributed by atoms with Gasteiger partial charge in [0.15, 0.2) is 5.82 Å². The zero-order chi connectivity index (χ0) is 22.3. The molecular formula is C20H17ClF3N5O2. The molecule has 0 spiro atoms. The van der Waals surface area contributed by atoms with Crippen LogP contribution in [0.1, 0.15) is 28.7 Å². The van der Waals surface area contributed by atoms with E-state index in [2.05, 4.69) is 15.2 Å². The van der Waals surface area contributed by atoms with E-state index in [0.717, 1.165) is 6.07 Å². The second-order valence-corrected chi connectivity index (χ2v) is 7.48. The first kappa shape index (κ1) is 21.1. The Hall–Kier alpha value is -3.14. The van der Waals surface area contributed by atoms with Crippen LogP contribution in [0.2, 0.25) is 5.02 Å². The van der Waals surface area contributed by atoms with Crippen molar-refractivity contribution in [3.63, 3.8) is 0 Å². The van der Waals surface area contributed by atoms with Crippen molar-refractivity contribution in [1.82, 2.24) is 24.6 Å². The Balaban J connectivity index is 1.66. The molecule has 2 aromatic heterocycles. The van der Waals surface area contributed by atoms with Gasteiger partial charge < -0.3 is 9.64 Å². The monoisotopic (exact) mass is 451 g/mol. The number of nitrogens with zero attached hydrogens (tertiary/aromatic N) is 5. The molecule has 1 atom stereocenters. The van der Waals surface area contributed by atoms with E-state index >= 15 is 0 Å². The zero-order valence-electron chi connectivity index (χ0n) is 16.5. The number of halogens is 4. The number of alkyl halides is 3. The minimum absolute atomic E-state index is 0.0810. The molecule has 1 aliphatic heterocycles. The van der Waals surface area contributed by atoms with Gasteiger partial charge in [-0.15, -0.1) is 10.2 Å². The summed E-state index contributed by atoms with van der Waals surface area (Å²) in [5.41, 5.74) is -0.231. The zero-order valence-corrected chi connectivity index (χ0v) is 17.3. The van der Waals surface area contributed by atoms with Crippen LogP contribution in [0.3, 0.4) is 0 Å². The van der Waals surface area contributed by atoms with E-state index < -0.39 is 22.7 Å². The molecule has 4 rings (SSSR count). The molecule has 0 aliphatic carbocycles. The Kier molecular flexibility index (Phi) is 5.34. The third-order valence-corrected chi connectivity index (χ3v) is 5.55. The third kappa shape index (κ3) is 3.83. The third-order valence-electron chi connectivity index (χ3n) is 5.10. The van der Waals surface area contributed by atoms with Crippen molar-refractivity contribution < 1.29 is 22.7 Å². The predicted molar refractivity (Wildman–Crippen MR) is 106 cm³/mol. The highest BCUT2D eigenvalue weighted by Crippen LogP contribution is 2.37. The highest BCUT2D eigenvalue weighted by Gasteiger charge is 2.37. The first-order chi connectivity index (χ1) is 14.7. The molecule has 31 heavy (non-hydrogen) atoms. The molecule has 0 bridgehead atoms. The number of aromatic nitrogens is 4. The Morgan fingerprint density at radius 1 is 1.23 bits per heavy atom. The summed E-state index contributed by atoms with van der Waals surface area (Å²) in [5, 5.41) is 7.70. The number of rotatable bonds is 4. The molecule has 11 heteroatoms. The van der Waals surface area contributed by atoms with Gasteiger partial charge in [-0.3, -0.25) is 14.3 Å². The number of methoxy groups -OCH3 is 1. The van der Waals surface area contributed by atoms with Crippen molar-refractivity contribution in [3.8, 4) is 17.3 Å². The Bertz CT molecular complexity index is 1150. The van der Waals surface area contributed by atoms with Crippen LogP contribution in [0.4, 0.5) is 13.2 Å². The molecule has 162 valence electrons. The van der Waals surface area contributed by atoms with Crippen LogP contribution in [-0.2, 0) is 19.3 Å². The van der Waals surface area contributed by atoms with Gasteiger partial charge in [-0.2, -0.15) is 13.2 Å². The fourth-order valence-corrected chi connectivity index (χ4v) is 3.80. The average molecular weight is 452 g/mol. The van der Waals surface area contributed by atoms with Crippen molar-refractivity contribution in [2.45, 2.75) is 32.2 Å². The number of pyridine rings is 1. The van der Waals surface area contributed by atoms with E-state index in [0.29, 0.717) is 23.8 Å². The normalized spacial score (nSPS) is 16.4. The quantitative estimate of drug-likeness (QED) is 0.598. The van der Waals surface area contributed by atoms with Crippen molar-refractivity contribution >= 4 is 17.5 Å². The maximum Gasteiger partial charge on any atom is 0.417 e. The number of carbonyl (C=O) groups is 1. The summed E-state index contributed by atoms with van der Waals surface area (Å²) in [4.78, 5) is 18.8. The lowest BCUT2D eigenvalue weighted by Gasteiger charge is -2.34. The smallest absolute Gasteiger partial charge is 0.417 e. The standard InChI is InChI=1S/C20H17ClF3N5O2/c1-11-9-29-17(15-8-13(31-2)6-7-25-15)26-27-18(29)19(30)28(11)10-12-4-3-5-14(16(12)21)20(22,23)24/h3-8,11H,9-10H2,1-2H3/t11-/m0/s1. The summed E-state index contributed by atoms with van der Waals surface area (Å²) in [6.07, 6.45) is -3.02. The first-order valence-electron chi connectivity index (χ1n) is 9.30. The van der Waals surface area contributed by atoms with Crippen molar-refractivity contribution in [2.24, 2.45) is 0 Å². The van der Waals surface area contributed by atoms with Gasteiger partial charge in [0, 0.05) is 31.4 Å². The van der Waals surface area contributed by atoms with Crippen LogP contribution in [-0.4, -0.2) is 43.7 Å². The summed E-state index contributed by atoms with van der Waals surface area (Å²) in [6, 6.07) is 6.69. The summed E-state index contributed by atoms with van der Waals surface area (Å²) < 4.78 is 46.4. The molecule has 0 unspecified atom stereocenters. The molecule has 1 aromatic carbocycles. The highest BCUT2D eigenvalue weighted by atomic mass is 35.5. The summed E-state index contributed by atoms with van der Waals surface area (Å²) in [6.45, 7) is 2.06. The second kappa shape index (κ2) is 7.84. The number of hydrogen-bond donors (Lipinski definition) is 0. The van der Waals surface area contributed by atoms with Crippen LogP contribution in [0.5, 0.6) is 5.75 Å². The maximum absolute atomic E-state index is 13.2. The van der Waals surface area contributed by atoms with Gasteiger partial charge in [0.05, 0.1) is 17.7 Å². The molecule has 1 amide bonds. The number of benzene rings is 1. The summed E-state index contributed by atoms with van der Waals surface area (Å²) >= 11 is 6.01. The number of ether oxygens (including phenoxy) is 1. The van der Waals surface area contributed by atoms with E-state index in [9.17, 15) is 18.0 Å². The van der Waals surface area contributed by atoms with E-state index in [1.165, 1.54) is 24.1 Å². The van der Waals surface area contributed by atoms with E-state index in [4.69, 9.17) is 16.3 Å². The lowest BCUT2D eigenvalue weighted by Crippen LogP contribution is -2.46. The Labute approximate surface area is 180 Å². The largest absolute Gasteiger partial charge is 0.497 e. The highest BCUT2D eigenvalue weighted by molar-refractivity contribution is 6.32. The molecule has 0 N–H and O–H groups in total.